The number of carboxylic acid groups (broad SMARTS) is 1. The van der Waals surface area contributed by atoms with Gasteiger partial charge in [0.15, 0.2) is 5.15 Å². The minimum atomic E-state index is -1.58. The second-order valence-electron chi connectivity index (χ2n) is 4.36. The second kappa shape index (κ2) is 7.36. The molecule has 0 unspecified atom stereocenters. The minimum absolute atomic E-state index is 0.0221. The molecule has 1 aromatic carbocycles. The molecule has 5 nitrogen and oxygen atoms in total. The molecule has 0 bridgehead atoms. The van der Waals surface area contributed by atoms with Crippen molar-refractivity contribution < 1.29 is 9.90 Å². The van der Waals surface area contributed by atoms with Crippen molar-refractivity contribution in [1.29, 1.82) is 0 Å². The van der Waals surface area contributed by atoms with E-state index in [4.69, 9.17) is 46.4 Å². The first-order valence-electron chi connectivity index (χ1n) is 6.13. The fourth-order valence-electron chi connectivity index (χ4n) is 1.67. The Hall–Kier alpha value is -1.53. The van der Waals surface area contributed by atoms with Crippen LogP contribution in [0.5, 0.6) is 0 Å². The van der Waals surface area contributed by atoms with Crippen LogP contribution in [0, 0.1) is 0 Å². The molecule has 0 aliphatic heterocycles. The first-order chi connectivity index (χ1) is 10.8. The zero-order valence-corrected chi connectivity index (χ0v) is 14.6. The van der Waals surface area contributed by atoms with E-state index in [0.717, 1.165) is 5.56 Å². The van der Waals surface area contributed by atoms with E-state index in [9.17, 15) is 9.90 Å². The SMILES string of the molecule is C/C(=N/Nc1c(Cl)c(Cl)nc(C(=O)[O-])c1Cl)c1cccc(Cl)c1. The third kappa shape index (κ3) is 4.06. The third-order valence-corrected chi connectivity index (χ3v) is 4.15. The van der Waals surface area contributed by atoms with E-state index in [0.29, 0.717) is 10.7 Å². The predicted octanol–water partition coefficient (Wildman–Crippen LogP) is 3.89. The van der Waals surface area contributed by atoms with Gasteiger partial charge in [-0.15, -0.1) is 0 Å². The number of halogens is 4. The number of aromatic nitrogens is 1. The van der Waals surface area contributed by atoms with Crippen LogP contribution in [0.15, 0.2) is 29.4 Å². The van der Waals surface area contributed by atoms with Gasteiger partial charge in [-0.1, -0.05) is 58.5 Å². The lowest BCUT2D eigenvalue weighted by molar-refractivity contribution is -0.255. The number of anilines is 1. The van der Waals surface area contributed by atoms with Gasteiger partial charge in [0.05, 0.1) is 22.4 Å². The molecule has 1 aromatic heterocycles. The Balaban J connectivity index is 2.40. The van der Waals surface area contributed by atoms with Gasteiger partial charge in [0.2, 0.25) is 0 Å². The lowest BCUT2D eigenvalue weighted by Gasteiger charge is -2.12. The van der Waals surface area contributed by atoms with Crippen molar-refractivity contribution >= 4 is 63.8 Å². The maximum atomic E-state index is 11.0. The van der Waals surface area contributed by atoms with E-state index >= 15 is 0 Å². The molecule has 0 saturated carbocycles. The number of hydrogen-bond donors (Lipinski definition) is 1. The number of pyridine rings is 1. The molecule has 0 spiro atoms. The molecule has 120 valence electrons. The van der Waals surface area contributed by atoms with Crippen LogP contribution >= 0.6 is 46.4 Å². The predicted molar refractivity (Wildman–Crippen MR) is 90.9 cm³/mol. The van der Waals surface area contributed by atoms with E-state index in [1.807, 2.05) is 6.07 Å². The highest BCUT2D eigenvalue weighted by Gasteiger charge is 2.17. The van der Waals surface area contributed by atoms with E-state index in [2.05, 4.69) is 15.5 Å². The first-order valence-corrected chi connectivity index (χ1v) is 7.64. The molecule has 9 heteroatoms. The van der Waals surface area contributed by atoms with Crippen molar-refractivity contribution in [2.75, 3.05) is 5.43 Å². The van der Waals surface area contributed by atoms with Gasteiger partial charge in [0, 0.05) is 5.02 Å². The number of hydrazone groups is 1. The van der Waals surface area contributed by atoms with Crippen LogP contribution in [0.25, 0.3) is 0 Å². The van der Waals surface area contributed by atoms with Gasteiger partial charge >= 0.3 is 0 Å². The lowest BCUT2D eigenvalue weighted by Crippen LogP contribution is -2.24. The van der Waals surface area contributed by atoms with Gasteiger partial charge in [-0.2, -0.15) is 5.10 Å². The minimum Gasteiger partial charge on any atom is -0.543 e. The summed E-state index contributed by atoms with van der Waals surface area (Å²) in [5, 5.41) is 15.1. The number of nitrogens with one attached hydrogen (secondary N) is 1. The molecule has 0 atom stereocenters. The molecule has 0 fully saturated rings. The third-order valence-electron chi connectivity index (χ3n) is 2.81. The van der Waals surface area contributed by atoms with Crippen molar-refractivity contribution in [3.8, 4) is 0 Å². The molecule has 0 amide bonds. The van der Waals surface area contributed by atoms with Gasteiger partial charge in [-0.3, -0.25) is 5.43 Å². The quantitative estimate of drug-likeness (QED) is 0.487. The van der Waals surface area contributed by atoms with Crippen LogP contribution < -0.4 is 10.5 Å². The Kier molecular flexibility index (Phi) is 5.70. The summed E-state index contributed by atoms with van der Waals surface area (Å²) in [5.74, 6) is -1.58. The Morgan fingerprint density at radius 3 is 2.52 bits per heavy atom. The summed E-state index contributed by atoms with van der Waals surface area (Å²) < 4.78 is 0. The summed E-state index contributed by atoms with van der Waals surface area (Å²) in [6.07, 6.45) is 0. The largest absolute Gasteiger partial charge is 0.543 e. The molecule has 1 heterocycles. The standard InChI is InChI=1S/C14H9Cl4N3O2/c1-6(7-3-2-4-8(15)5-7)20-21-11-9(16)12(14(22)23)19-13(18)10(11)17/h2-5H,1H3,(H,19,21)(H,22,23)/p-1/b20-6-. The maximum absolute atomic E-state index is 11.0. The summed E-state index contributed by atoms with van der Waals surface area (Å²) in [6.45, 7) is 1.73. The summed E-state index contributed by atoms with van der Waals surface area (Å²) in [6, 6.07) is 7.03. The van der Waals surface area contributed by atoms with Gasteiger partial charge < -0.3 is 9.90 Å². The second-order valence-corrected chi connectivity index (χ2v) is 5.91. The average Bonchev–Trinajstić information content (AvgIpc) is 2.50. The molecule has 2 rings (SSSR count). The van der Waals surface area contributed by atoms with E-state index in [-0.39, 0.29) is 20.9 Å². The van der Waals surface area contributed by atoms with Gasteiger partial charge in [0.25, 0.3) is 0 Å². The lowest BCUT2D eigenvalue weighted by atomic mass is 10.1. The highest BCUT2D eigenvalue weighted by molar-refractivity contribution is 6.46. The summed E-state index contributed by atoms with van der Waals surface area (Å²) >= 11 is 23.6. The molecule has 0 radical (unpaired) electrons. The van der Waals surface area contributed by atoms with Gasteiger partial charge in [-0.05, 0) is 24.6 Å². The number of carbonyl (C=O) groups excluding carboxylic acids is 1. The molecule has 0 aliphatic carbocycles. The Morgan fingerprint density at radius 1 is 1.22 bits per heavy atom. The average molecular weight is 392 g/mol. The van der Waals surface area contributed by atoms with Crippen LogP contribution in [0.1, 0.15) is 23.0 Å². The zero-order chi connectivity index (χ0) is 17.1. The zero-order valence-electron chi connectivity index (χ0n) is 11.5. The summed E-state index contributed by atoms with van der Waals surface area (Å²) in [5.41, 5.74) is 3.43. The molecule has 0 aliphatic rings. The number of hydrogen-bond acceptors (Lipinski definition) is 5. The van der Waals surface area contributed by atoms with Crippen LogP contribution in [-0.2, 0) is 0 Å². The molecule has 1 N–H and O–H groups in total. The topological polar surface area (TPSA) is 77.4 Å². The number of carbonyl (C=O) groups is 1. The number of aromatic carboxylic acids is 1. The fourth-order valence-corrected chi connectivity index (χ4v) is 2.52. The Bertz CT molecular complexity index is 809. The first kappa shape index (κ1) is 17.8. The molecule has 23 heavy (non-hydrogen) atoms. The van der Waals surface area contributed by atoms with Crippen molar-refractivity contribution in [3.63, 3.8) is 0 Å². The van der Waals surface area contributed by atoms with Crippen molar-refractivity contribution in [1.82, 2.24) is 4.98 Å². The van der Waals surface area contributed by atoms with Crippen LogP contribution in [0.2, 0.25) is 20.2 Å². The van der Waals surface area contributed by atoms with Gasteiger partial charge in [-0.25, -0.2) is 4.98 Å². The molecule has 0 saturated heterocycles. The van der Waals surface area contributed by atoms with Crippen LogP contribution in [-0.4, -0.2) is 16.7 Å². The van der Waals surface area contributed by atoms with Gasteiger partial charge in [0.1, 0.15) is 10.7 Å². The highest BCUT2D eigenvalue weighted by Crippen LogP contribution is 2.36. The maximum Gasteiger partial charge on any atom is 0.150 e. The molecule has 2 aromatic rings. The van der Waals surface area contributed by atoms with Crippen molar-refractivity contribution in [2.45, 2.75) is 6.92 Å². The highest BCUT2D eigenvalue weighted by atomic mass is 35.5. The Labute approximate surface area is 151 Å². The van der Waals surface area contributed by atoms with E-state index in [1.54, 1.807) is 25.1 Å². The monoisotopic (exact) mass is 390 g/mol. The number of carboxylic acids is 1. The Morgan fingerprint density at radius 2 is 1.91 bits per heavy atom. The smallest absolute Gasteiger partial charge is 0.150 e. The van der Waals surface area contributed by atoms with E-state index < -0.39 is 11.7 Å². The number of benzene rings is 1. The molecular weight excluding hydrogens is 384 g/mol. The van der Waals surface area contributed by atoms with Crippen molar-refractivity contribution in [2.24, 2.45) is 5.10 Å². The fraction of sp³-hybridized carbons (Fsp3) is 0.0714. The van der Waals surface area contributed by atoms with Crippen LogP contribution in [0.3, 0.4) is 0 Å². The summed E-state index contributed by atoms with van der Waals surface area (Å²) in [4.78, 5) is 14.6. The number of rotatable bonds is 4. The van der Waals surface area contributed by atoms with Crippen molar-refractivity contribution in [3.05, 3.63) is 55.7 Å². The normalized spacial score (nSPS) is 11.4. The molecular formula is C14H8Cl4N3O2-. The van der Waals surface area contributed by atoms with Crippen LogP contribution in [0.4, 0.5) is 5.69 Å². The summed E-state index contributed by atoms with van der Waals surface area (Å²) in [7, 11) is 0. The van der Waals surface area contributed by atoms with E-state index in [1.165, 1.54) is 0 Å². The number of nitrogens with zero attached hydrogens (tertiary/aromatic N) is 2.